The summed E-state index contributed by atoms with van der Waals surface area (Å²) in [6, 6.07) is 8.63. The fourth-order valence-corrected chi connectivity index (χ4v) is 3.09. The van der Waals surface area contributed by atoms with Crippen LogP contribution >= 0.6 is 25.3 Å². The van der Waals surface area contributed by atoms with Crippen molar-refractivity contribution in [2.24, 2.45) is 10.2 Å². The minimum absolute atomic E-state index is 0.140. The second-order valence-electron chi connectivity index (χ2n) is 5.65. The molecule has 0 aliphatic carbocycles. The fourth-order valence-electron chi connectivity index (χ4n) is 2.49. The summed E-state index contributed by atoms with van der Waals surface area (Å²) in [5.41, 5.74) is 20.7. The van der Waals surface area contributed by atoms with Gasteiger partial charge in [-0.3, -0.25) is 0 Å². The highest BCUT2D eigenvalue weighted by molar-refractivity contribution is 7.80. The molecule has 3 aromatic carbocycles. The maximum Gasteiger partial charge on any atom is 0.154 e. The predicted octanol–water partition coefficient (Wildman–Crippen LogP) is 4.59. The first-order valence-corrected chi connectivity index (χ1v) is 8.22. The second kappa shape index (κ2) is 6.38. The fraction of sp³-hybridized carbons (Fsp3) is 0.0588. The van der Waals surface area contributed by atoms with Crippen molar-refractivity contribution >= 4 is 64.5 Å². The van der Waals surface area contributed by atoms with Crippen LogP contribution < -0.4 is 17.2 Å². The standard InChI is InChI=1S/C17H17N5OS2/c1-7-4-8(2-3-10(7)18)21-22-16-13(25)5-9-12(24)6-11(19)15(20)14(9)17(16)23/h2-6,23-25H,18-20H2,1H3/b22-21+. The maximum atomic E-state index is 10.6. The molecular formula is C17H17N5OS2. The van der Waals surface area contributed by atoms with Crippen molar-refractivity contribution < 1.29 is 5.11 Å². The van der Waals surface area contributed by atoms with Crippen LogP contribution in [-0.4, -0.2) is 5.11 Å². The van der Waals surface area contributed by atoms with Gasteiger partial charge in [0.1, 0.15) is 5.69 Å². The van der Waals surface area contributed by atoms with Crippen LogP contribution in [0.4, 0.5) is 28.4 Å². The van der Waals surface area contributed by atoms with Gasteiger partial charge >= 0.3 is 0 Å². The number of azo groups is 1. The van der Waals surface area contributed by atoms with Gasteiger partial charge in [-0.1, -0.05) is 0 Å². The van der Waals surface area contributed by atoms with Gasteiger partial charge < -0.3 is 22.3 Å². The van der Waals surface area contributed by atoms with E-state index in [0.717, 1.165) is 5.56 Å². The number of fused-ring (bicyclic) bond motifs is 1. The Morgan fingerprint density at radius 2 is 1.64 bits per heavy atom. The van der Waals surface area contributed by atoms with E-state index in [4.69, 9.17) is 17.2 Å². The number of anilines is 3. The molecule has 0 atom stereocenters. The van der Waals surface area contributed by atoms with Crippen molar-refractivity contribution in [3.63, 3.8) is 0 Å². The third kappa shape index (κ3) is 3.06. The summed E-state index contributed by atoms with van der Waals surface area (Å²) in [6.07, 6.45) is 0. The number of rotatable bonds is 2. The number of nitrogens with two attached hydrogens (primary N) is 3. The number of aromatic hydroxyl groups is 1. The second-order valence-corrected chi connectivity index (χ2v) is 6.62. The number of phenolic OH excluding ortho intramolecular Hbond substituents is 1. The van der Waals surface area contributed by atoms with Crippen molar-refractivity contribution in [1.82, 2.24) is 0 Å². The molecule has 0 bridgehead atoms. The predicted molar refractivity (Wildman–Crippen MR) is 109 cm³/mol. The highest BCUT2D eigenvalue weighted by Crippen LogP contribution is 2.46. The van der Waals surface area contributed by atoms with Crippen LogP contribution in [0.15, 0.2) is 50.4 Å². The van der Waals surface area contributed by atoms with Crippen LogP contribution in [0.2, 0.25) is 0 Å². The van der Waals surface area contributed by atoms with Crippen LogP contribution in [0.3, 0.4) is 0 Å². The number of aryl methyl sites for hydroxylation is 1. The molecule has 0 fully saturated rings. The van der Waals surface area contributed by atoms with E-state index in [1.165, 1.54) is 0 Å². The molecule has 7 N–H and O–H groups in total. The van der Waals surface area contributed by atoms with Crippen molar-refractivity contribution in [3.8, 4) is 5.75 Å². The normalized spacial score (nSPS) is 11.5. The molecule has 25 heavy (non-hydrogen) atoms. The quantitative estimate of drug-likeness (QED) is 0.224. The van der Waals surface area contributed by atoms with Gasteiger partial charge in [-0.25, -0.2) is 0 Å². The molecular weight excluding hydrogens is 354 g/mol. The number of thiol groups is 2. The van der Waals surface area contributed by atoms with Crippen LogP contribution in [0.25, 0.3) is 10.8 Å². The highest BCUT2D eigenvalue weighted by Gasteiger charge is 2.16. The first-order chi connectivity index (χ1) is 11.8. The molecule has 0 saturated heterocycles. The maximum absolute atomic E-state index is 10.6. The Bertz CT molecular complexity index is 1030. The smallest absolute Gasteiger partial charge is 0.154 e. The largest absolute Gasteiger partial charge is 0.505 e. The number of hydrogen-bond donors (Lipinski definition) is 6. The van der Waals surface area contributed by atoms with E-state index in [2.05, 4.69) is 35.5 Å². The first kappa shape index (κ1) is 17.2. The Balaban J connectivity index is 2.18. The molecule has 128 valence electrons. The van der Waals surface area contributed by atoms with Crippen LogP contribution in [-0.2, 0) is 0 Å². The summed E-state index contributed by atoms with van der Waals surface area (Å²) in [6.45, 7) is 1.88. The van der Waals surface area contributed by atoms with Crippen molar-refractivity contribution in [2.45, 2.75) is 16.7 Å². The number of nitrogen functional groups attached to an aromatic ring is 3. The average molecular weight is 371 g/mol. The number of nitrogens with zero attached hydrogens (tertiary/aromatic N) is 2. The Hall–Kier alpha value is -2.58. The minimum atomic E-state index is -0.140. The topological polar surface area (TPSA) is 123 Å². The minimum Gasteiger partial charge on any atom is -0.505 e. The molecule has 0 radical (unpaired) electrons. The molecule has 3 rings (SSSR count). The summed E-state index contributed by atoms with van der Waals surface area (Å²) < 4.78 is 0. The molecule has 6 nitrogen and oxygen atoms in total. The molecule has 0 saturated carbocycles. The molecule has 0 spiro atoms. The van der Waals surface area contributed by atoms with Gasteiger partial charge in [-0.05, 0) is 42.8 Å². The number of phenols is 1. The Labute approximate surface area is 155 Å². The Morgan fingerprint density at radius 3 is 2.32 bits per heavy atom. The molecule has 0 heterocycles. The lowest BCUT2D eigenvalue weighted by Crippen LogP contribution is -1.96. The number of benzene rings is 3. The SMILES string of the molecule is Cc1cc(/N=N/c2c(S)cc3c(S)cc(N)c(N)c3c2O)ccc1N. The zero-order chi connectivity index (χ0) is 18.3. The van der Waals surface area contributed by atoms with Crippen LogP contribution in [0, 0.1) is 6.92 Å². The zero-order valence-electron chi connectivity index (χ0n) is 13.4. The Kier molecular flexibility index (Phi) is 4.40. The summed E-state index contributed by atoms with van der Waals surface area (Å²) in [5.74, 6) is -0.140. The van der Waals surface area contributed by atoms with Gasteiger partial charge in [0.2, 0.25) is 0 Å². The highest BCUT2D eigenvalue weighted by atomic mass is 32.1. The molecule has 0 unspecified atom stereocenters. The summed E-state index contributed by atoms with van der Waals surface area (Å²) in [5, 5.41) is 19.9. The Morgan fingerprint density at radius 1 is 0.920 bits per heavy atom. The lowest BCUT2D eigenvalue weighted by molar-refractivity contribution is 0.481. The molecule has 3 aromatic rings. The van der Waals surface area contributed by atoms with Gasteiger partial charge in [-0.15, -0.1) is 30.4 Å². The van der Waals surface area contributed by atoms with Gasteiger partial charge in [-0.2, -0.15) is 5.11 Å². The third-order valence-electron chi connectivity index (χ3n) is 3.92. The van der Waals surface area contributed by atoms with Gasteiger partial charge in [0.15, 0.2) is 5.75 Å². The lowest BCUT2D eigenvalue weighted by Gasteiger charge is -2.12. The van der Waals surface area contributed by atoms with E-state index in [1.807, 2.05) is 6.92 Å². The monoisotopic (exact) mass is 371 g/mol. The molecule has 0 aliphatic heterocycles. The zero-order valence-corrected chi connectivity index (χ0v) is 15.1. The van der Waals surface area contributed by atoms with Crippen molar-refractivity contribution in [1.29, 1.82) is 0 Å². The number of hydrogen-bond acceptors (Lipinski definition) is 8. The van der Waals surface area contributed by atoms with Gasteiger partial charge in [0.05, 0.1) is 22.4 Å². The first-order valence-electron chi connectivity index (χ1n) is 7.33. The molecule has 0 aromatic heterocycles. The molecule has 0 aliphatic rings. The van der Waals surface area contributed by atoms with E-state index >= 15 is 0 Å². The van der Waals surface area contributed by atoms with E-state index in [9.17, 15) is 5.11 Å². The lowest BCUT2D eigenvalue weighted by atomic mass is 10.1. The van der Waals surface area contributed by atoms with Crippen molar-refractivity contribution in [3.05, 3.63) is 35.9 Å². The van der Waals surface area contributed by atoms with Crippen molar-refractivity contribution in [2.75, 3.05) is 17.2 Å². The van der Waals surface area contributed by atoms with E-state index in [0.29, 0.717) is 37.6 Å². The van der Waals surface area contributed by atoms with E-state index in [-0.39, 0.29) is 17.1 Å². The summed E-state index contributed by atoms with van der Waals surface area (Å²) in [7, 11) is 0. The van der Waals surface area contributed by atoms with Crippen LogP contribution in [0.1, 0.15) is 5.56 Å². The summed E-state index contributed by atoms with van der Waals surface area (Å²) >= 11 is 8.77. The van der Waals surface area contributed by atoms with Gasteiger partial charge in [0.25, 0.3) is 0 Å². The van der Waals surface area contributed by atoms with E-state index in [1.54, 1.807) is 30.3 Å². The summed E-state index contributed by atoms with van der Waals surface area (Å²) in [4.78, 5) is 1.03. The van der Waals surface area contributed by atoms with E-state index < -0.39 is 0 Å². The van der Waals surface area contributed by atoms with Crippen LogP contribution in [0.5, 0.6) is 5.75 Å². The third-order valence-corrected chi connectivity index (χ3v) is 4.63. The average Bonchev–Trinajstić information content (AvgIpc) is 2.55. The molecule has 0 amide bonds. The van der Waals surface area contributed by atoms with Gasteiger partial charge in [0, 0.05) is 20.9 Å². The molecule has 8 heteroatoms.